The molecule has 2 aromatic rings. The van der Waals surface area contributed by atoms with Gasteiger partial charge in [0.15, 0.2) is 6.10 Å². The van der Waals surface area contributed by atoms with Crippen LogP contribution in [0, 0.1) is 6.92 Å². The quantitative estimate of drug-likeness (QED) is 0.624. The summed E-state index contributed by atoms with van der Waals surface area (Å²) < 4.78 is 11.1. The zero-order valence-electron chi connectivity index (χ0n) is 14.7. The van der Waals surface area contributed by atoms with Crippen molar-refractivity contribution in [2.45, 2.75) is 46.3 Å². The van der Waals surface area contributed by atoms with Gasteiger partial charge >= 0.3 is 5.97 Å². The van der Waals surface area contributed by atoms with Crippen molar-refractivity contribution in [1.29, 1.82) is 0 Å². The monoisotopic (exact) mass is 511 g/mol. The Morgan fingerprint density at radius 3 is 2.46 bits per heavy atom. The molecule has 0 aliphatic heterocycles. The molecule has 0 aromatic heterocycles. The van der Waals surface area contributed by atoms with Crippen molar-refractivity contribution in [3.63, 3.8) is 0 Å². The van der Waals surface area contributed by atoms with Crippen LogP contribution >= 0.6 is 0 Å². The maximum absolute atomic E-state index is 12.4. The van der Waals surface area contributed by atoms with E-state index in [1.165, 1.54) is 0 Å². The van der Waals surface area contributed by atoms with Crippen LogP contribution in [0.25, 0.3) is 10.8 Å². The zero-order chi connectivity index (χ0) is 17.2. The van der Waals surface area contributed by atoms with Crippen molar-refractivity contribution >= 4 is 16.7 Å². The van der Waals surface area contributed by atoms with Crippen LogP contribution in [-0.4, -0.2) is 23.3 Å². The second kappa shape index (κ2) is 8.13. The first kappa shape index (κ1) is 20.7. The number of esters is 1. The Morgan fingerprint density at radius 1 is 1.25 bits per heavy atom. The summed E-state index contributed by atoms with van der Waals surface area (Å²) in [5.74, 6) is -0.418. The van der Waals surface area contributed by atoms with Crippen LogP contribution in [-0.2, 0) is 35.3 Å². The van der Waals surface area contributed by atoms with Gasteiger partial charge in [-0.3, -0.25) is 0 Å². The first-order valence-corrected chi connectivity index (χ1v) is 7.80. The molecule has 0 fully saturated rings. The number of aromatic hydroxyl groups is 1. The minimum atomic E-state index is -0.959. The van der Waals surface area contributed by atoms with E-state index in [9.17, 15) is 9.90 Å². The molecule has 1 atom stereocenters. The van der Waals surface area contributed by atoms with Crippen LogP contribution in [0.5, 0.6) is 5.75 Å². The largest absolute Gasteiger partial charge is 0.507 e. The maximum atomic E-state index is 12.4. The molecule has 5 heteroatoms. The predicted molar refractivity (Wildman–Crippen MR) is 90.6 cm³/mol. The molecule has 24 heavy (non-hydrogen) atoms. The van der Waals surface area contributed by atoms with Gasteiger partial charge in [0.05, 0.1) is 12.2 Å². The number of ether oxygens (including phenoxy) is 2. The molecule has 2 rings (SSSR count). The summed E-state index contributed by atoms with van der Waals surface area (Å²) in [4.78, 5) is 12.4. The number of carbonyl (C=O) groups is 1. The number of phenols is 1. The van der Waals surface area contributed by atoms with Crippen LogP contribution < -0.4 is 0 Å². The van der Waals surface area contributed by atoms with Gasteiger partial charge in [0, 0.05) is 32.0 Å². The normalized spacial score (nSPS) is 12.5. The summed E-state index contributed by atoms with van der Waals surface area (Å²) in [5, 5.41) is 12.3. The predicted octanol–water partition coefficient (Wildman–Crippen LogP) is 4.27. The van der Waals surface area contributed by atoms with Crippen molar-refractivity contribution in [3.8, 4) is 5.75 Å². The van der Waals surface area contributed by atoms with Crippen LogP contribution in [0.15, 0.2) is 30.3 Å². The fourth-order valence-electron chi connectivity index (χ4n) is 2.61. The fourth-order valence-corrected chi connectivity index (χ4v) is 2.61. The van der Waals surface area contributed by atoms with Crippen molar-refractivity contribution in [3.05, 3.63) is 41.5 Å². The molecule has 0 aliphatic rings. The van der Waals surface area contributed by atoms with Gasteiger partial charge < -0.3 is 14.6 Å². The van der Waals surface area contributed by atoms with E-state index < -0.39 is 17.7 Å². The second-order valence-electron chi connectivity index (χ2n) is 6.54. The zero-order valence-corrected chi connectivity index (χ0v) is 16.9. The van der Waals surface area contributed by atoms with E-state index in [0.29, 0.717) is 10.9 Å². The number of phenolic OH excluding ortho intramolecular Hbond substituents is 1. The topological polar surface area (TPSA) is 55.8 Å². The van der Waals surface area contributed by atoms with E-state index in [-0.39, 0.29) is 33.4 Å². The molecule has 2 aromatic carbocycles. The number of benzene rings is 2. The van der Waals surface area contributed by atoms with Crippen molar-refractivity contribution in [2.24, 2.45) is 0 Å². The Labute approximate surface area is 157 Å². The van der Waals surface area contributed by atoms with Gasteiger partial charge in [-0.15, -0.1) is 0 Å². The van der Waals surface area contributed by atoms with Crippen LogP contribution in [0.3, 0.4) is 0 Å². The van der Waals surface area contributed by atoms with E-state index in [1.54, 1.807) is 6.92 Å². The van der Waals surface area contributed by atoms with Crippen molar-refractivity contribution in [2.75, 3.05) is 6.61 Å². The van der Waals surface area contributed by atoms with Crippen LogP contribution in [0.1, 0.15) is 44.9 Å². The molecular formula is C19H24O4Pt. The minimum Gasteiger partial charge on any atom is -0.507 e. The Morgan fingerprint density at radius 2 is 1.88 bits per heavy atom. The molecule has 0 amide bonds. The first-order chi connectivity index (χ1) is 10.7. The molecule has 4 nitrogen and oxygen atoms in total. The van der Waals surface area contributed by atoms with E-state index in [0.717, 1.165) is 10.9 Å². The van der Waals surface area contributed by atoms with E-state index >= 15 is 0 Å². The smallest absolute Gasteiger partial charge is 0.340 e. The molecule has 0 heterocycles. The Balaban J connectivity index is 0.00000288. The van der Waals surface area contributed by atoms with E-state index in [4.69, 9.17) is 9.47 Å². The van der Waals surface area contributed by atoms with Gasteiger partial charge in [-0.25, -0.2) is 4.79 Å². The first-order valence-electron chi connectivity index (χ1n) is 7.80. The van der Waals surface area contributed by atoms with Gasteiger partial charge in [0.1, 0.15) is 5.75 Å². The number of carbonyl (C=O) groups excluding carboxylic acids is 1. The maximum Gasteiger partial charge on any atom is 0.340 e. The van der Waals surface area contributed by atoms with Gasteiger partial charge in [-0.2, -0.15) is 0 Å². The second-order valence-corrected chi connectivity index (χ2v) is 6.54. The molecule has 1 unspecified atom stereocenters. The standard InChI is InChI=1S/C19H24O4.Pt/c1-6-22-18(21)17(23-19(3,4)5)15-12(2)11-13-9-7-8-10-14(13)16(15)20;/h7-11,17,20H,6H2,1-5H3;. The summed E-state index contributed by atoms with van der Waals surface area (Å²) >= 11 is 0. The average molecular weight is 511 g/mol. The van der Waals surface area contributed by atoms with Gasteiger partial charge in [0.25, 0.3) is 0 Å². The molecule has 134 valence electrons. The molecular weight excluding hydrogens is 487 g/mol. The van der Waals surface area contributed by atoms with Gasteiger partial charge in [-0.05, 0) is 45.6 Å². The van der Waals surface area contributed by atoms with Crippen LogP contribution in [0.2, 0.25) is 0 Å². The average Bonchev–Trinajstić information content (AvgIpc) is 2.45. The molecule has 0 saturated carbocycles. The summed E-state index contributed by atoms with van der Waals surface area (Å²) in [6.07, 6.45) is -0.959. The molecule has 0 aliphatic carbocycles. The minimum absolute atomic E-state index is 0. The van der Waals surface area contributed by atoms with Crippen molar-refractivity contribution < 1.29 is 40.4 Å². The molecule has 0 saturated heterocycles. The third kappa shape index (κ3) is 4.58. The SMILES string of the molecule is CCOC(=O)C(OC(C)(C)C)c1c(C)cc2ccccc2c1O.[Pt]. The van der Waals surface area contributed by atoms with E-state index in [1.807, 2.05) is 58.0 Å². The number of fused-ring (bicyclic) bond motifs is 1. The molecule has 0 bridgehead atoms. The van der Waals surface area contributed by atoms with Gasteiger partial charge in [-0.1, -0.05) is 30.3 Å². The van der Waals surface area contributed by atoms with Crippen molar-refractivity contribution in [1.82, 2.24) is 0 Å². The van der Waals surface area contributed by atoms with Crippen LogP contribution in [0.4, 0.5) is 0 Å². The fraction of sp³-hybridized carbons (Fsp3) is 0.421. The number of hydrogen-bond donors (Lipinski definition) is 1. The molecule has 0 spiro atoms. The Hall–Kier alpha value is -1.38. The number of hydrogen-bond acceptors (Lipinski definition) is 4. The molecule has 0 radical (unpaired) electrons. The third-order valence-electron chi connectivity index (χ3n) is 3.50. The Bertz CT molecular complexity index is 719. The summed E-state index contributed by atoms with van der Waals surface area (Å²) in [6.45, 7) is 9.47. The summed E-state index contributed by atoms with van der Waals surface area (Å²) in [7, 11) is 0. The molecule has 1 N–H and O–H groups in total. The number of rotatable bonds is 4. The summed E-state index contributed by atoms with van der Waals surface area (Å²) in [5.41, 5.74) is 0.711. The van der Waals surface area contributed by atoms with E-state index in [2.05, 4.69) is 0 Å². The number of aryl methyl sites for hydroxylation is 1. The third-order valence-corrected chi connectivity index (χ3v) is 3.50. The summed E-state index contributed by atoms with van der Waals surface area (Å²) in [6, 6.07) is 9.46. The van der Waals surface area contributed by atoms with Gasteiger partial charge in [0.2, 0.25) is 0 Å². The Kier molecular flexibility index (Phi) is 7.00.